The minimum atomic E-state index is -0.623. The fourth-order valence-corrected chi connectivity index (χ4v) is 4.37. The first kappa shape index (κ1) is 19.2. The van der Waals surface area contributed by atoms with E-state index in [-0.39, 0.29) is 21.2 Å². The third kappa shape index (κ3) is 3.77. The fraction of sp³-hybridized carbons (Fsp3) is 0.188. The predicted octanol–water partition coefficient (Wildman–Crippen LogP) is 3.55. The molecule has 0 saturated heterocycles. The summed E-state index contributed by atoms with van der Waals surface area (Å²) in [7, 11) is 1.27. The van der Waals surface area contributed by atoms with Crippen LogP contribution in [-0.2, 0) is 16.1 Å². The van der Waals surface area contributed by atoms with E-state index in [1.165, 1.54) is 30.6 Å². The molecule has 0 radical (unpaired) electrons. The fourth-order valence-electron chi connectivity index (χ4n) is 2.42. The Bertz CT molecular complexity index is 1140. The van der Waals surface area contributed by atoms with Gasteiger partial charge in [0.05, 0.1) is 22.2 Å². The van der Waals surface area contributed by atoms with Gasteiger partial charge < -0.3 is 9.30 Å². The molecule has 0 bridgehead atoms. The van der Waals surface area contributed by atoms with Gasteiger partial charge >= 0.3 is 11.0 Å². The van der Waals surface area contributed by atoms with Crippen LogP contribution in [0.5, 0.6) is 0 Å². The molecule has 0 aliphatic carbocycles. The third-order valence-corrected chi connectivity index (χ3v) is 6.20. The second-order valence-corrected chi connectivity index (χ2v) is 7.86. The zero-order valence-electron chi connectivity index (χ0n) is 14.1. The number of aryl methyl sites for hydroxylation is 1. The lowest BCUT2D eigenvalue weighted by Crippen LogP contribution is -2.22. The van der Waals surface area contributed by atoms with Gasteiger partial charge in [0.25, 0.3) is 5.91 Å². The van der Waals surface area contributed by atoms with Gasteiger partial charge in [0, 0.05) is 11.1 Å². The maximum Gasteiger partial charge on any atom is 0.325 e. The van der Waals surface area contributed by atoms with Crippen LogP contribution in [0.1, 0.15) is 15.2 Å². The van der Waals surface area contributed by atoms with Gasteiger partial charge in [-0.2, -0.15) is 4.99 Å². The van der Waals surface area contributed by atoms with E-state index in [1.807, 2.05) is 0 Å². The molecule has 2 heterocycles. The van der Waals surface area contributed by atoms with Crippen LogP contribution in [0.3, 0.4) is 0 Å². The average Bonchev–Trinajstić information content (AvgIpc) is 3.24. The lowest BCUT2D eigenvalue weighted by molar-refractivity contribution is -0.380. The molecule has 27 heavy (non-hydrogen) atoms. The molecule has 0 saturated carbocycles. The number of thiophene rings is 1. The number of ether oxygens (including phenoxy) is 1. The molecule has 11 heteroatoms. The Hall–Kier alpha value is -2.56. The molecule has 140 valence electrons. The topological polar surface area (TPSA) is 104 Å². The first-order valence-electron chi connectivity index (χ1n) is 7.50. The van der Waals surface area contributed by atoms with Gasteiger partial charge in [0.1, 0.15) is 11.4 Å². The molecule has 1 aromatic carbocycles. The molecule has 2 aromatic heterocycles. The molecule has 3 rings (SSSR count). The van der Waals surface area contributed by atoms with Crippen molar-refractivity contribution in [2.75, 3.05) is 7.11 Å². The molecular weight excluding hydrogens is 414 g/mol. The molecule has 8 nitrogen and oxygen atoms in total. The van der Waals surface area contributed by atoms with Gasteiger partial charge in [0.15, 0.2) is 4.80 Å². The van der Waals surface area contributed by atoms with E-state index in [4.69, 9.17) is 16.3 Å². The number of esters is 1. The van der Waals surface area contributed by atoms with Gasteiger partial charge in [-0.15, -0.1) is 0 Å². The number of nitrogens with zero attached hydrogens (tertiary/aromatic N) is 3. The maximum absolute atomic E-state index is 12.5. The number of halogens is 1. The minimum absolute atomic E-state index is 0.138. The number of aromatic nitrogens is 1. The summed E-state index contributed by atoms with van der Waals surface area (Å²) in [6.07, 6.45) is 0. The van der Waals surface area contributed by atoms with Gasteiger partial charge in [-0.3, -0.25) is 19.7 Å². The minimum Gasteiger partial charge on any atom is -0.468 e. The molecule has 0 aliphatic rings. The van der Waals surface area contributed by atoms with E-state index >= 15 is 0 Å². The Morgan fingerprint density at radius 2 is 2.04 bits per heavy atom. The number of hydrogen-bond acceptors (Lipinski definition) is 7. The van der Waals surface area contributed by atoms with Gasteiger partial charge in [-0.1, -0.05) is 34.3 Å². The highest BCUT2D eigenvalue weighted by Gasteiger charge is 2.18. The summed E-state index contributed by atoms with van der Waals surface area (Å²) in [5, 5.41) is 11.2. The van der Waals surface area contributed by atoms with Gasteiger partial charge in [-0.25, -0.2) is 0 Å². The van der Waals surface area contributed by atoms with Crippen LogP contribution in [-0.4, -0.2) is 28.5 Å². The molecule has 3 aromatic rings. The van der Waals surface area contributed by atoms with Crippen LogP contribution in [0, 0.1) is 17.0 Å². The van der Waals surface area contributed by atoms with E-state index in [0.29, 0.717) is 10.5 Å². The Labute approximate surface area is 165 Å². The summed E-state index contributed by atoms with van der Waals surface area (Å²) >= 11 is 8.15. The molecule has 0 aliphatic heterocycles. The van der Waals surface area contributed by atoms with E-state index in [1.54, 1.807) is 23.6 Å². The Balaban J connectivity index is 2.16. The number of carbonyl (C=O) groups is 2. The van der Waals surface area contributed by atoms with Gasteiger partial charge in [-0.05, 0) is 30.7 Å². The van der Waals surface area contributed by atoms with Crippen molar-refractivity contribution in [3.8, 4) is 0 Å². The van der Waals surface area contributed by atoms with Crippen molar-refractivity contribution in [2.24, 2.45) is 4.99 Å². The van der Waals surface area contributed by atoms with Crippen molar-refractivity contribution in [3.05, 3.63) is 54.6 Å². The van der Waals surface area contributed by atoms with Crippen LogP contribution in [0.4, 0.5) is 5.00 Å². The normalized spacial score (nSPS) is 11.7. The van der Waals surface area contributed by atoms with Crippen LogP contribution in [0.25, 0.3) is 10.2 Å². The number of carbonyl (C=O) groups excluding carboxylic acids is 2. The smallest absolute Gasteiger partial charge is 0.325 e. The lowest BCUT2D eigenvalue weighted by Gasteiger charge is -2.06. The number of hydrogen-bond donors (Lipinski definition) is 0. The summed E-state index contributed by atoms with van der Waals surface area (Å²) < 4.78 is 7.09. The Morgan fingerprint density at radius 1 is 1.30 bits per heavy atom. The van der Waals surface area contributed by atoms with Crippen LogP contribution < -0.4 is 4.80 Å². The summed E-state index contributed by atoms with van der Waals surface area (Å²) in [5.41, 5.74) is 1.43. The van der Waals surface area contributed by atoms with Crippen molar-refractivity contribution >= 4 is 61.4 Å². The van der Waals surface area contributed by atoms with Crippen molar-refractivity contribution in [1.82, 2.24) is 4.57 Å². The average molecular weight is 426 g/mol. The second kappa shape index (κ2) is 7.59. The Kier molecular flexibility index (Phi) is 5.40. The summed E-state index contributed by atoms with van der Waals surface area (Å²) in [6, 6.07) is 6.12. The quantitative estimate of drug-likeness (QED) is 0.361. The summed E-state index contributed by atoms with van der Waals surface area (Å²) in [4.78, 5) is 39.0. The second-order valence-electron chi connectivity index (χ2n) is 5.38. The Morgan fingerprint density at radius 3 is 2.67 bits per heavy atom. The van der Waals surface area contributed by atoms with Crippen molar-refractivity contribution in [2.45, 2.75) is 13.5 Å². The van der Waals surface area contributed by atoms with Crippen LogP contribution in [0.2, 0.25) is 5.02 Å². The number of thiazole rings is 1. The van der Waals surface area contributed by atoms with E-state index in [2.05, 4.69) is 4.99 Å². The lowest BCUT2D eigenvalue weighted by atomic mass is 10.2. The molecule has 0 spiro atoms. The monoisotopic (exact) mass is 425 g/mol. The highest BCUT2D eigenvalue weighted by atomic mass is 35.5. The summed E-state index contributed by atoms with van der Waals surface area (Å²) in [5.74, 6) is -1.13. The van der Waals surface area contributed by atoms with Crippen LogP contribution in [0.15, 0.2) is 29.3 Å². The zero-order valence-corrected chi connectivity index (χ0v) is 16.5. The first-order chi connectivity index (χ1) is 12.8. The highest BCUT2D eigenvalue weighted by Crippen LogP contribution is 2.28. The number of methoxy groups -OCH3 is 1. The number of benzene rings is 1. The number of nitro groups is 1. The first-order valence-corrected chi connectivity index (χ1v) is 9.51. The highest BCUT2D eigenvalue weighted by molar-refractivity contribution is 7.17. The molecule has 0 atom stereocenters. The predicted molar refractivity (Wildman–Crippen MR) is 102 cm³/mol. The standard InChI is InChI=1S/C16H12ClN3O5S2/c1-8-9(17)3-4-10-14(8)19(7-13(21)25-2)16(27-10)18-15(22)11-5-6-12(26-11)20(23)24/h3-6H,7H2,1-2H3. The molecule has 0 N–H and O–H groups in total. The molecule has 1 amide bonds. The van der Waals surface area contributed by atoms with Crippen molar-refractivity contribution in [3.63, 3.8) is 0 Å². The van der Waals surface area contributed by atoms with Crippen molar-refractivity contribution < 1.29 is 19.2 Å². The maximum atomic E-state index is 12.5. The molecular formula is C16H12ClN3O5S2. The van der Waals surface area contributed by atoms with E-state index < -0.39 is 16.8 Å². The largest absolute Gasteiger partial charge is 0.468 e. The van der Waals surface area contributed by atoms with E-state index in [9.17, 15) is 19.7 Å². The van der Waals surface area contributed by atoms with Crippen LogP contribution >= 0.6 is 34.3 Å². The van der Waals surface area contributed by atoms with Crippen molar-refractivity contribution in [1.29, 1.82) is 0 Å². The zero-order chi connectivity index (χ0) is 19.7. The summed E-state index contributed by atoms with van der Waals surface area (Å²) in [6.45, 7) is 1.66. The SMILES string of the molecule is COC(=O)Cn1c(=NC(=O)c2ccc([N+](=O)[O-])s2)sc2ccc(Cl)c(C)c21. The van der Waals surface area contributed by atoms with E-state index in [0.717, 1.165) is 21.6 Å². The number of amides is 1. The third-order valence-electron chi connectivity index (χ3n) is 3.72. The molecule has 0 fully saturated rings. The van der Waals surface area contributed by atoms with Gasteiger partial charge in [0.2, 0.25) is 0 Å². The number of fused-ring (bicyclic) bond motifs is 1. The molecule has 0 unspecified atom stereocenters. The number of rotatable bonds is 4.